The van der Waals surface area contributed by atoms with E-state index in [2.05, 4.69) is 69.7 Å². The zero-order valence-electron chi connectivity index (χ0n) is 68.6. The number of rotatable bonds is 40. The van der Waals surface area contributed by atoms with Crippen LogP contribution in [0.5, 0.6) is 0 Å². The minimum atomic E-state index is -2.36. The number of carbonyl (C=O) groups is 9. The molecule has 6 heterocycles. The Morgan fingerprint density at radius 3 is 1.86 bits per heavy atom. The summed E-state index contributed by atoms with van der Waals surface area (Å²) in [5.41, 5.74) is 22.4. The maximum atomic E-state index is 16.3. The van der Waals surface area contributed by atoms with Crippen LogP contribution in [0, 0.1) is 12.8 Å². The maximum absolute atomic E-state index is 16.3. The molecule has 0 spiro atoms. The van der Waals surface area contributed by atoms with E-state index >= 15 is 9.59 Å². The number of nitrogens with one attached hydrogen (secondary N) is 7. The Morgan fingerprint density at radius 1 is 0.683 bits per heavy atom. The number of imidazole rings is 1. The SMILES string of the molecule is Cc1c(N)nc([C@H](CC(N)=O)NC[C@H](NC(=O)OC(C)(C)C)C(N)=O)nc1C(=O)N[C@H](C(=O)N[C@H](C)[C@@H](O)[C@H](C)C(=O)N[C@H](C(=O)NCCc1nc(-c2nc(C(=O)NCCC[S+](C)C)cs2)cs1)[C@@H](C)O)[C@@H](O[C@@H]1O[C@@H](CO)[C@@H](O)[C@H](O)[C@@H]1O[C@H]1O[C@H](CO)[C@@H](O)[C@H](OC(N)=O)[C@@H]1O)c1cn(C(c2ccccc2)(c2ccccc2)c2ccccc2)cn1.[I-]. The summed E-state index contributed by atoms with van der Waals surface area (Å²) in [6.07, 6.45) is -21.9. The van der Waals surface area contributed by atoms with Crippen molar-refractivity contribution in [2.75, 3.05) is 56.8 Å². The third kappa shape index (κ3) is 25.4. The van der Waals surface area contributed by atoms with E-state index in [1.807, 2.05) is 36.4 Å². The fraction of sp³-hybridized carbons (Fsp3) is 0.494. The van der Waals surface area contributed by atoms with Crippen molar-refractivity contribution in [2.45, 2.75) is 189 Å². The Morgan fingerprint density at radius 2 is 1.29 bits per heavy atom. The lowest BCUT2D eigenvalue weighted by Crippen LogP contribution is -3.00. The summed E-state index contributed by atoms with van der Waals surface area (Å²) in [7, 11) is 0.236. The Balaban J connectivity index is 0.0000188. The lowest BCUT2D eigenvalue weighted by Gasteiger charge is -2.47. The van der Waals surface area contributed by atoms with Crippen molar-refractivity contribution >= 4 is 92.9 Å². The lowest BCUT2D eigenvalue weighted by atomic mass is 9.77. The predicted molar refractivity (Wildman–Crippen MR) is 442 cm³/mol. The zero-order chi connectivity index (χ0) is 89.2. The van der Waals surface area contributed by atoms with E-state index in [-0.39, 0.29) is 70.7 Å². The van der Waals surface area contributed by atoms with Crippen molar-refractivity contribution < 1.29 is 136 Å². The van der Waals surface area contributed by atoms with Crippen LogP contribution in [0.2, 0.25) is 0 Å². The molecule has 0 aliphatic carbocycles. The van der Waals surface area contributed by atoms with Gasteiger partial charge >= 0.3 is 12.2 Å². The number of primary amides is 3. The molecule has 2 fully saturated rings. The number of carbonyl (C=O) groups excluding carboxylic acids is 9. The van der Waals surface area contributed by atoms with Gasteiger partial charge < -0.3 is 158 Å². The number of amides is 9. The minimum absolute atomic E-state index is 0. The van der Waals surface area contributed by atoms with Crippen LogP contribution in [-0.2, 0) is 75.2 Å². The second-order valence-electron chi connectivity index (χ2n) is 30.4. The first-order chi connectivity index (χ1) is 57.8. The summed E-state index contributed by atoms with van der Waals surface area (Å²) in [4.78, 5) is 147. The van der Waals surface area contributed by atoms with Gasteiger partial charge in [0.05, 0.1) is 73.0 Å². The number of hydrogen-bond acceptors (Lipinski definition) is 32. The van der Waals surface area contributed by atoms with Crippen molar-refractivity contribution in [3.8, 4) is 10.7 Å². The number of aliphatic hydroxyl groups excluding tert-OH is 8. The zero-order valence-corrected chi connectivity index (χ0v) is 73.2. The Bertz CT molecular complexity index is 4610. The summed E-state index contributed by atoms with van der Waals surface area (Å²) in [5.74, 6) is -8.37. The second-order valence-corrected chi connectivity index (χ2v) is 34.6. The van der Waals surface area contributed by atoms with Gasteiger partial charge in [-0.2, -0.15) is 0 Å². The molecule has 44 heteroatoms. The standard InChI is InChI=1S/C79H105N17O23S3.HI/c1-38-54(92-67(95-65(38)81)45(30-52(80)100)86-31-46(66(82)106)91-77(113)119-78(5,6)7)71(110)94-56(72(111)88-40(3)57(101)39(2)68(107)93-55(41(4)99)70(109)85-28-26-53-89-49(36-120-53)73-90-48(35-121-73)69(108)84-27-19-29-122(8)9)62(47-32-96(37-87-47)79(42-20-13-10-14-21-42,43-22-15-11-16-23-43)44-24-17-12-18-25-44)116-75-64(60(104)58(102)50(33-97)115-75)117-74-61(105)63(118-76(83)112)59(103)51(34-98)114-74;/h10-18,20-25,32,35-37,39-41,45-46,50-51,55-64,74-75,86,97-99,101-105H,19,26-31,33-34H2,1-9H3,(H13-,80,81,82,83,84,85,88,91,92,93,94,95,100,106,107,108,109,110,111,112,113);1H/t39-,40+,41+,45-,46-,50-,51+,55-,56-,57-,58+,59+,60-,61-,62-,63-,64-,74+,75-;/m0./s1. The number of nitrogen functional groups attached to an aromatic ring is 1. The number of nitrogens with zero attached hydrogens (tertiary/aromatic N) is 6. The quantitative estimate of drug-likeness (QED) is 0.00741. The van der Waals surface area contributed by atoms with Gasteiger partial charge in [-0.3, -0.25) is 33.6 Å². The van der Waals surface area contributed by atoms with Gasteiger partial charge in [0.25, 0.3) is 11.8 Å². The first-order valence-corrected chi connectivity index (χ1v) is 42.8. The maximum Gasteiger partial charge on any atom is 0.408 e. The van der Waals surface area contributed by atoms with Gasteiger partial charge in [0.2, 0.25) is 29.5 Å². The van der Waals surface area contributed by atoms with Crippen LogP contribution >= 0.6 is 22.7 Å². The van der Waals surface area contributed by atoms with Gasteiger partial charge in [-0.25, -0.2) is 34.5 Å². The van der Waals surface area contributed by atoms with E-state index in [0.717, 1.165) is 12.2 Å². The number of anilines is 1. The average Bonchev–Trinajstić information content (AvgIpc) is 1.70. The summed E-state index contributed by atoms with van der Waals surface area (Å²) >= 11 is 2.51. The predicted octanol–water partition coefficient (Wildman–Crippen LogP) is -4.82. The molecule has 9 rings (SSSR count). The second kappa shape index (κ2) is 44.8. The van der Waals surface area contributed by atoms with Gasteiger partial charge in [0.1, 0.15) is 118 Å². The Hall–Kier alpha value is -9.60. The summed E-state index contributed by atoms with van der Waals surface area (Å²) in [6, 6.07) is 18.5. The number of aliphatic hydroxyl groups is 8. The number of nitrogens with two attached hydrogens (primary N) is 4. The van der Waals surface area contributed by atoms with Crippen LogP contribution in [0.25, 0.3) is 10.7 Å². The van der Waals surface area contributed by atoms with Gasteiger partial charge in [0.15, 0.2) is 18.7 Å². The lowest BCUT2D eigenvalue weighted by molar-refractivity contribution is -0.372. The highest BCUT2D eigenvalue weighted by atomic mass is 127. The molecule has 123 heavy (non-hydrogen) atoms. The normalized spacial score (nSPS) is 21.3. The molecule has 0 unspecified atom stereocenters. The highest BCUT2D eigenvalue weighted by Gasteiger charge is 2.54. The molecule has 23 N–H and O–H groups in total. The number of ether oxygens (including phenoxy) is 6. The number of thiazole rings is 2. The van der Waals surface area contributed by atoms with Crippen molar-refractivity contribution in [3.05, 3.63) is 164 Å². The highest BCUT2D eigenvalue weighted by Crippen LogP contribution is 2.43. The molecular formula is C79H106IN17O23S3. The van der Waals surface area contributed by atoms with Crippen molar-refractivity contribution in [3.63, 3.8) is 0 Å². The number of halogens is 1. The molecule has 9 amide bonds. The van der Waals surface area contributed by atoms with Crippen molar-refractivity contribution in [1.82, 2.24) is 66.7 Å². The molecule has 3 aromatic carbocycles. The molecule has 0 bridgehead atoms. The van der Waals surface area contributed by atoms with Crippen LogP contribution in [0.15, 0.2) is 114 Å². The first kappa shape index (κ1) is 98.8. The molecule has 40 nitrogen and oxygen atoms in total. The number of hydrogen-bond donors (Lipinski definition) is 19. The average molecular weight is 1880 g/mol. The molecule has 0 radical (unpaired) electrons. The number of aromatic nitrogens is 6. The molecular weight excluding hydrogens is 1780 g/mol. The molecule has 19 atom stereocenters. The van der Waals surface area contributed by atoms with Gasteiger partial charge in [-0.05, 0) is 69.1 Å². The smallest absolute Gasteiger partial charge is 0.408 e. The van der Waals surface area contributed by atoms with E-state index in [9.17, 15) is 74.4 Å². The summed E-state index contributed by atoms with van der Waals surface area (Å²) in [6.45, 7) is 7.54. The summed E-state index contributed by atoms with van der Waals surface area (Å²) < 4.78 is 37.1. The fourth-order valence-corrected chi connectivity index (χ4v) is 15.9. The molecule has 7 aromatic rings. The number of alkyl carbamates (subject to hydrolysis) is 1. The third-order valence-electron chi connectivity index (χ3n) is 20.0. The molecule has 4 aromatic heterocycles. The monoisotopic (exact) mass is 1880 g/mol. The summed E-state index contributed by atoms with van der Waals surface area (Å²) in [5, 5.41) is 114. The topological polar surface area (TPSA) is 629 Å². The van der Waals surface area contributed by atoms with Crippen LogP contribution in [0.4, 0.5) is 15.4 Å². The molecule has 2 aliphatic heterocycles. The van der Waals surface area contributed by atoms with E-state index in [0.29, 0.717) is 38.9 Å². The number of benzene rings is 3. The van der Waals surface area contributed by atoms with Gasteiger partial charge in [-0.1, -0.05) is 97.9 Å². The molecule has 2 saturated heterocycles. The molecule has 2 aliphatic rings. The van der Waals surface area contributed by atoms with Crippen molar-refractivity contribution in [1.29, 1.82) is 0 Å². The first-order valence-electron chi connectivity index (χ1n) is 38.8. The van der Waals surface area contributed by atoms with Gasteiger partial charge in [-0.15, -0.1) is 22.7 Å². The highest BCUT2D eigenvalue weighted by molar-refractivity contribution is 7.95. The fourth-order valence-electron chi connectivity index (χ4n) is 13.6. The van der Waals surface area contributed by atoms with Gasteiger partial charge in [0, 0.05) is 61.4 Å². The molecule has 670 valence electrons. The Labute approximate surface area is 735 Å². The largest absolute Gasteiger partial charge is 1.00 e. The van der Waals surface area contributed by atoms with Crippen LogP contribution in [0.3, 0.4) is 0 Å². The van der Waals surface area contributed by atoms with E-state index in [1.54, 1.807) is 90.7 Å². The van der Waals surface area contributed by atoms with Crippen molar-refractivity contribution in [2.24, 2.45) is 23.1 Å². The van der Waals surface area contributed by atoms with Crippen LogP contribution < -0.4 is 84.1 Å². The minimum Gasteiger partial charge on any atom is -1.00 e. The van der Waals surface area contributed by atoms with E-state index in [1.165, 1.54) is 62.9 Å². The third-order valence-corrected chi connectivity index (χ3v) is 22.8. The van der Waals surface area contributed by atoms with Crippen LogP contribution in [-0.4, -0.2) is 278 Å². The van der Waals surface area contributed by atoms with Crippen LogP contribution in [0.1, 0.15) is 126 Å². The van der Waals surface area contributed by atoms with E-state index in [4.69, 9.17) is 56.3 Å². The Kier molecular flexibility index (Phi) is 36.0. The van der Waals surface area contributed by atoms with E-state index < -0.39 is 218 Å². The molecule has 0 saturated carbocycles.